The molecule has 0 atom stereocenters. The molecule has 2 aromatic carbocycles. The van der Waals surface area contributed by atoms with Gasteiger partial charge in [0.25, 0.3) is 0 Å². The molecule has 0 saturated heterocycles. The van der Waals surface area contributed by atoms with Crippen LogP contribution in [-0.4, -0.2) is 6.61 Å². The van der Waals surface area contributed by atoms with Crippen LogP contribution in [-0.2, 0) is 0 Å². The molecule has 0 N–H and O–H groups in total. The van der Waals surface area contributed by atoms with Crippen molar-refractivity contribution in [2.45, 2.75) is 44.4 Å². The fraction of sp³-hybridized carbons (Fsp3) is 0.364. The standard InChI is InChI=1S/C22H23F3O/c1-3-14-5-10-17(13-19(14)23)15-6-8-16(9-7-15)18-11-12-20(26-4-2)22(25)21(18)24/h3,5,10-13,15-16H,1,4,6-9H2,2H3. The molecule has 0 aromatic heterocycles. The fourth-order valence-electron chi connectivity index (χ4n) is 3.83. The molecule has 0 aliphatic heterocycles. The predicted molar refractivity (Wildman–Crippen MR) is 98.0 cm³/mol. The van der Waals surface area contributed by atoms with E-state index in [1.807, 2.05) is 6.07 Å². The van der Waals surface area contributed by atoms with Gasteiger partial charge in [-0.3, -0.25) is 0 Å². The number of hydrogen-bond acceptors (Lipinski definition) is 1. The summed E-state index contributed by atoms with van der Waals surface area (Å²) in [6.45, 7) is 5.62. The Bertz CT molecular complexity index is 792. The zero-order valence-electron chi connectivity index (χ0n) is 14.9. The number of ether oxygens (including phenoxy) is 1. The smallest absolute Gasteiger partial charge is 0.200 e. The normalized spacial score (nSPS) is 20.0. The van der Waals surface area contributed by atoms with Crippen molar-refractivity contribution >= 4 is 6.08 Å². The molecule has 3 rings (SSSR count). The minimum absolute atomic E-state index is 0.0197. The monoisotopic (exact) mass is 360 g/mol. The van der Waals surface area contributed by atoms with Crippen LogP contribution in [0.2, 0.25) is 0 Å². The van der Waals surface area contributed by atoms with Gasteiger partial charge in [0.15, 0.2) is 11.6 Å². The molecule has 26 heavy (non-hydrogen) atoms. The average molecular weight is 360 g/mol. The summed E-state index contributed by atoms with van der Waals surface area (Å²) in [5.74, 6) is -1.79. The van der Waals surface area contributed by atoms with E-state index < -0.39 is 11.6 Å². The zero-order valence-corrected chi connectivity index (χ0v) is 14.9. The number of hydrogen-bond donors (Lipinski definition) is 0. The maximum Gasteiger partial charge on any atom is 0.200 e. The molecule has 1 fully saturated rings. The second kappa shape index (κ2) is 7.98. The van der Waals surface area contributed by atoms with Gasteiger partial charge in [0.05, 0.1) is 6.61 Å². The predicted octanol–water partition coefficient (Wildman–Crippen LogP) is 6.59. The van der Waals surface area contributed by atoms with E-state index in [-0.39, 0.29) is 23.4 Å². The van der Waals surface area contributed by atoms with Crippen LogP contribution in [0.25, 0.3) is 6.08 Å². The van der Waals surface area contributed by atoms with Crippen LogP contribution in [0.5, 0.6) is 5.75 Å². The molecule has 1 aliphatic carbocycles. The van der Waals surface area contributed by atoms with Gasteiger partial charge in [-0.2, -0.15) is 4.39 Å². The highest BCUT2D eigenvalue weighted by Gasteiger charge is 2.27. The Balaban J connectivity index is 1.71. The summed E-state index contributed by atoms with van der Waals surface area (Å²) in [5.41, 5.74) is 1.87. The maximum atomic E-state index is 14.4. The zero-order chi connectivity index (χ0) is 18.7. The van der Waals surface area contributed by atoms with E-state index in [2.05, 4.69) is 6.58 Å². The SMILES string of the molecule is C=Cc1ccc(C2CCC(c3ccc(OCC)c(F)c3F)CC2)cc1F. The molecule has 0 bridgehead atoms. The molecule has 1 aliphatic rings. The molecular weight excluding hydrogens is 337 g/mol. The van der Waals surface area contributed by atoms with Gasteiger partial charge in [0.1, 0.15) is 5.82 Å². The summed E-state index contributed by atoms with van der Waals surface area (Å²) in [7, 11) is 0. The van der Waals surface area contributed by atoms with E-state index >= 15 is 0 Å². The number of rotatable bonds is 5. The number of benzene rings is 2. The van der Waals surface area contributed by atoms with Crippen LogP contribution in [0.3, 0.4) is 0 Å². The molecule has 1 saturated carbocycles. The van der Waals surface area contributed by atoms with Crippen molar-refractivity contribution in [2.24, 2.45) is 0 Å². The lowest BCUT2D eigenvalue weighted by molar-refractivity contribution is 0.310. The first kappa shape index (κ1) is 18.6. The van der Waals surface area contributed by atoms with Gasteiger partial charge in [0, 0.05) is 5.56 Å². The summed E-state index contributed by atoms with van der Waals surface area (Å²) >= 11 is 0. The third kappa shape index (κ3) is 3.64. The quantitative estimate of drug-likeness (QED) is 0.585. The average Bonchev–Trinajstić information content (AvgIpc) is 2.66. The van der Waals surface area contributed by atoms with Gasteiger partial charge in [-0.1, -0.05) is 30.9 Å². The minimum atomic E-state index is -0.909. The van der Waals surface area contributed by atoms with Crippen molar-refractivity contribution in [3.8, 4) is 5.75 Å². The number of halogens is 3. The summed E-state index contributed by atoms with van der Waals surface area (Å²) in [5, 5.41) is 0. The van der Waals surface area contributed by atoms with Gasteiger partial charge < -0.3 is 4.74 Å². The van der Waals surface area contributed by atoms with Crippen molar-refractivity contribution in [2.75, 3.05) is 6.61 Å². The van der Waals surface area contributed by atoms with Gasteiger partial charge >= 0.3 is 0 Å². The van der Waals surface area contributed by atoms with E-state index in [0.717, 1.165) is 31.2 Å². The third-order valence-electron chi connectivity index (χ3n) is 5.26. The van der Waals surface area contributed by atoms with Crippen molar-refractivity contribution in [3.63, 3.8) is 0 Å². The molecule has 2 aromatic rings. The maximum absolute atomic E-state index is 14.4. The Kier molecular flexibility index (Phi) is 5.70. The summed E-state index contributed by atoms with van der Waals surface area (Å²) in [6.07, 6.45) is 4.65. The van der Waals surface area contributed by atoms with Crippen LogP contribution in [0.4, 0.5) is 13.2 Å². The van der Waals surface area contributed by atoms with Gasteiger partial charge in [-0.25, -0.2) is 8.78 Å². The lowest BCUT2D eigenvalue weighted by atomic mass is 9.76. The highest BCUT2D eigenvalue weighted by atomic mass is 19.2. The van der Waals surface area contributed by atoms with E-state index in [1.165, 1.54) is 12.1 Å². The second-order valence-electron chi connectivity index (χ2n) is 6.75. The largest absolute Gasteiger partial charge is 0.491 e. The molecular formula is C22H23F3O. The van der Waals surface area contributed by atoms with Crippen LogP contribution >= 0.6 is 0 Å². The minimum Gasteiger partial charge on any atom is -0.491 e. The highest BCUT2D eigenvalue weighted by Crippen LogP contribution is 2.42. The van der Waals surface area contributed by atoms with Crippen LogP contribution in [0, 0.1) is 17.5 Å². The molecule has 0 radical (unpaired) electrons. The fourth-order valence-corrected chi connectivity index (χ4v) is 3.83. The second-order valence-corrected chi connectivity index (χ2v) is 6.75. The Morgan fingerprint density at radius 3 is 2.31 bits per heavy atom. The van der Waals surface area contributed by atoms with E-state index in [1.54, 1.807) is 25.1 Å². The Morgan fingerprint density at radius 2 is 1.69 bits per heavy atom. The summed E-state index contributed by atoms with van der Waals surface area (Å²) in [6, 6.07) is 8.38. The molecule has 0 amide bonds. The molecule has 0 unspecified atom stereocenters. The Hall–Kier alpha value is -2.23. The van der Waals surface area contributed by atoms with Crippen molar-refractivity contribution in [1.82, 2.24) is 0 Å². The molecule has 1 nitrogen and oxygen atoms in total. The molecule has 0 heterocycles. The lowest BCUT2D eigenvalue weighted by Crippen LogP contribution is -2.14. The lowest BCUT2D eigenvalue weighted by Gasteiger charge is -2.29. The first-order chi connectivity index (χ1) is 12.5. The Morgan fingerprint density at radius 1 is 1.00 bits per heavy atom. The highest BCUT2D eigenvalue weighted by molar-refractivity contribution is 5.48. The first-order valence-corrected chi connectivity index (χ1v) is 9.07. The van der Waals surface area contributed by atoms with Crippen LogP contribution < -0.4 is 4.74 Å². The Labute approximate surface area is 152 Å². The van der Waals surface area contributed by atoms with Crippen LogP contribution in [0.15, 0.2) is 36.9 Å². The van der Waals surface area contributed by atoms with Crippen molar-refractivity contribution in [1.29, 1.82) is 0 Å². The van der Waals surface area contributed by atoms with Gasteiger partial charge in [-0.05, 0) is 67.7 Å². The van der Waals surface area contributed by atoms with Crippen molar-refractivity contribution in [3.05, 3.63) is 71.1 Å². The van der Waals surface area contributed by atoms with Gasteiger partial charge in [0.2, 0.25) is 5.82 Å². The molecule has 138 valence electrons. The van der Waals surface area contributed by atoms with Crippen molar-refractivity contribution < 1.29 is 17.9 Å². The third-order valence-corrected chi connectivity index (χ3v) is 5.26. The molecule has 0 spiro atoms. The van der Waals surface area contributed by atoms with Crippen LogP contribution in [0.1, 0.15) is 61.1 Å². The summed E-state index contributed by atoms with van der Waals surface area (Å²) in [4.78, 5) is 0. The topological polar surface area (TPSA) is 9.23 Å². The van der Waals surface area contributed by atoms with Gasteiger partial charge in [-0.15, -0.1) is 0 Å². The molecule has 4 heteroatoms. The van der Waals surface area contributed by atoms with E-state index in [9.17, 15) is 13.2 Å². The first-order valence-electron chi connectivity index (χ1n) is 9.07. The summed E-state index contributed by atoms with van der Waals surface area (Å²) < 4.78 is 47.6. The van der Waals surface area contributed by atoms with E-state index in [4.69, 9.17) is 4.74 Å². The van der Waals surface area contributed by atoms with E-state index in [0.29, 0.717) is 17.7 Å².